The summed E-state index contributed by atoms with van der Waals surface area (Å²) in [5, 5.41) is 5.25. The number of carbonyl (C=O) groups is 1. The quantitative estimate of drug-likeness (QED) is 0.520. The molecule has 1 amide bonds. The van der Waals surface area contributed by atoms with Crippen LogP contribution >= 0.6 is 11.3 Å². The Morgan fingerprint density at radius 2 is 1.88 bits per heavy atom. The first kappa shape index (κ1) is 22.4. The van der Waals surface area contributed by atoms with Crippen LogP contribution in [0.2, 0.25) is 0 Å². The second kappa shape index (κ2) is 10.2. The summed E-state index contributed by atoms with van der Waals surface area (Å²) < 4.78 is 11.2. The van der Waals surface area contributed by atoms with Crippen LogP contribution in [0.25, 0.3) is 0 Å². The molecular weight excluding hydrogens is 420 g/mol. The molecule has 0 bridgehead atoms. The molecule has 1 aliphatic heterocycles. The molecule has 0 aliphatic carbocycles. The first-order chi connectivity index (χ1) is 15.6. The van der Waals surface area contributed by atoms with E-state index in [9.17, 15) is 4.79 Å². The number of hydrogen-bond donors (Lipinski definition) is 1. The summed E-state index contributed by atoms with van der Waals surface area (Å²) in [6.07, 6.45) is 1.75. The predicted octanol–water partition coefficient (Wildman–Crippen LogP) is 5.07. The number of hydrogen-bond acceptors (Lipinski definition) is 5. The Morgan fingerprint density at radius 1 is 1.12 bits per heavy atom. The minimum atomic E-state index is -0.0366. The van der Waals surface area contributed by atoms with Crippen LogP contribution in [0.5, 0.6) is 11.5 Å². The molecule has 0 spiro atoms. The van der Waals surface area contributed by atoms with E-state index in [4.69, 9.17) is 9.47 Å². The first-order valence-corrected chi connectivity index (χ1v) is 11.9. The van der Waals surface area contributed by atoms with Crippen molar-refractivity contribution in [3.63, 3.8) is 0 Å². The van der Waals surface area contributed by atoms with Gasteiger partial charge in [-0.2, -0.15) is 0 Å². The molecule has 2 aromatic carbocycles. The Labute approximate surface area is 194 Å². The van der Waals surface area contributed by atoms with E-state index in [0.717, 1.165) is 42.3 Å². The molecule has 32 heavy (non-hydrogen) atoms. The first-order valence-electron chi connectivity index (χ1n) is 11.0. The molecule has 5 nitrogen and oxygen atoms in total. The highest BCUT2D eigenvalue weighted by Gasteiger charge is 2.35. The van der Waals surface area contributed by atoms with Gasteiger partial charge in [0.2, 0.25) is 0 Å². The van der Waals surface area contributed by atoms with Crippen molar-refractivity contribution in [3.8, 4) is 11.5 Å². The molecule has 0 radical (unpaired) electrons. The van der Waals surface area contributed by atoms with Crippen molar-refractivity contribution in [1.82, 2.24) is 10.2 Å². The topological polar surface area (TPSA) is 50.8 Å². The molecule has 2 unspecified atom stereocenters. The Balaban J connectivity index is 1.72. The largest absolute Gasteiger partial charge is 0.493 e. The lowest BCUT2D eigenvalue weighted by molar-refractivity contribution is 0.0863. The van der Waals surface area contributed by atoms with Gasteiger partial charge in [0.05, 0.1) is 25.1 Å². The minimum absolute atomic E-state index is 0.0147. The second-order valence-corrected chi connectivity index (χ2v) is 8.97. The number of methoxy groups -OCH3 is 2. The molecule has 168 valence electrons. The van der Waals surface area contributed by atoms with Gasteiger partial charge in [0.1, 0.15) is 0 Å². The van der Waals surface area contributed by atoms with Crippen LogP contribution in [0.15, 0.2) is 60.0 Å². The zero-order chi connectivity index (χ0) is 22.5. The van der Waals surface area contributed by atoms with Crippen LogP contribution in [-0.4, -0.2) is 37.6 Å². The van der Waals surface area contributed by atoms with E-state index in [-0.39, 0.29) is 18.0 Å². The van der Waals surface area contributed by atoms with E-state index in [1.54, 1.807) is 14.2 Å². The lowest BCUT2D eigenvalue weighted by atomic mass is 9.86. The maximum atomic E-state index is 13.0. The van der Waals surface area contributed by atoms with E-state index >= 15 is 0 Å². The van der Waals surface area contributed by atoms with Crippen molar-refractivity contribution >= 4 is 17.2 Å². The normalized spacial score (nSPS) is 16.8. The molecule has 1 N–H and O–H groups in total. The van der Waals surface area contributed by atoms with Crippen LogP contribution in [0, 0.1) is 0 Å². The van der Waals surface area contributed by atoms with Gasteiger partial charge >= 0.3 is 0 Å². The molecule has 3 aromatic rings. The predicted molar refractivity (Wildman–Crippen MR) is 129 cm³/mol. The van der Waals surface area contributed by atoms with Gasteiger partial charge in [-0.1, -0.05) is 43.3 Å². The number of amides is 1. The highest BCUT2D eigenvalue weighted by molar-refractivity contribution is 7.12. The zero-order valence-electron chi connectivity index (χ0n) is 18.8. The molecule has 0 saturated heterocycles. The smallest absolute Gasteiger partial charge is 0.261 e. The Morgan fingerprint density at radius 3 is 2.53 bits per heavy atom. The number of thiophene rings is 1. The third-order valence-electron chi connectivity index (χ3n) is 6.14. The summed E-state index contributed by atoms with van der Waals surface area (Å²) >= 11 is 1.47. The molecule has 1 aliphatic rings. The Hall–Kier alpha value is -2.83. The van der Waals surface area contributed by atoms with Gasteiger partial charge in [0, 0.05) is 19.1 Å². The molecule has 1 aromatic heterocycles. The SMILES string of the molecule is CCC(NC(=O)c1cccs1)C1c2cc(OC)c(OC)cc2CCN1Cc1ccccc1. The number of carbonyl (C=O) groups excluding carboxylic acids is 1. The highest BCUT2D eigenvalue weighted by Crippen LogP contribution is 2.40. The standard InChI is InChI=1S/C26H30N2O3S/c1-4-21(27-26(29)24-11-8-14-32-24)25-20-16-23(31-3)22(30-2)15-19(20)12-13-28(25)17-18-9-6-5-7-10-18/h5-11,14-16,21,25H,4,12-13,17H2,1-3H3,(H,27,29). The van der Waals surface area contributed by atoms with Crippen LogP contribution in [0.1, 0.15) is 45.7 Å². The third-order valence-corrected chi connectivity index (χ3v) is 7.01. The van der Waals surface area contributed by atoms with Crippen LogP contribution < -0.4 is 14.8 Å². The van der Waals surface area contributed by atoms with Crippen molar-refractivity contribution in [2.24, 2.45) is 0 Å². The summed E-state index contributed by atoms with van der Waals surface area (Å²) in [6, 6.07) is 18.5. The minimum Gasteiger partial charge on any atom is -0.493 e. The second-order valence-electron chi connectivity index (χ2n) is 8.02. The maximum absolute atomic E-state index is 13.0. The van der Waals surface area contributed by atoms with Gasteiger partial charge in [-0.3, -0.25) is 9.69 Å². The van der Waals surface area contributed by atoms with E-state index in [1.807, 2.05) is 23.6 Å². The van der Waals surface area contributed by atoms with Gasteiger partial charge < -0.3 is 14.8 Å². The van der Waals surface area contributed by atoms with E-state index < -0.39 is 0 Å². The molecular formula is C26H30N2O3S. The zero-order valence-corrected chi connectivity index (χ0v) is 19.7. The summed E-state index contributed by atoms with van der Waals surface area (Å²) in [5.74, 6) is 1.45. The van der Waals surface area contributed by atoms with Crippen molar-refractivity contribution < 1.29 is 14.3 Å². The molecule has 2 atom stereocenters. The summed E-state index contributed by atoms with van der Waals surface area (Å²) in [6.45, 7) is 3.87. The molecule has 0 saturated carbocycles. The number of nitrogens with zero attached hydrogens (tertiary/aromatic N) is 1. The van der Waals surface area contributed by atoms with Crippen molar-refractivity contribution in [3.05, 3.63) is 81.5 Å². The van der Waals surface area contributed by atoms with Crippen molar-refractivity contribution in [1.29, 1.82) is 0 Å². The van der Waals surface area contributed by atoms with Crippen LogP contribution in [0.3, 0.4) is 0 Å². The maximum Gasteiger partial charge on any atom is 0.261 e. The Kier molecular flexibility index (Phi) is 7.12. The van der Waals surface area contributed by atoms with Gasteiger partial charge in [0.25, 0.3) is 5.91 Å². The summed E-state index contributed by atoms with van der Waals surface area (Å²) in [4.78, 5) is 16.2. The number of rotatable bonds is 8. The van der Waals surface area contributed by atoms with E-state index in [0.29, 0.717) is 0 Å². The lowest BCUT2D eigenvalue weighted by Gasteiger charge is -2.42. The Bertz CT molecular complexity index is 1040. The fourth-order valence-electron chi connectivity index (χ4n) is 4.55. The van der Waals surface area contributed by atoms with Gasteiger partial charge in [-0.25, -0.2) is 0 Å². The third kappa shape index (κ3) is 4.66. The van der Waals surface area contributed by atoms with Crippen LogP contribution in [0.4, 0.5) is 0 Å². The van der Waals surface area contributed by atoms with Crippen molar-refractivity contribution in [2.75, 3.05) is 20.8 Å². The fourth-order valence-corrected chi connectivity index (χ4v) is 5.17. The molecule has 2 heterocycles. The average molecular weight is 451 g/mol. The van der Waals surface area contributed by atoms with Crippen molar-refractivity contribution in [2.45, 2.75) is 38.4 Å². The monoisotopic (exact) mass is 450 g/mol. The summed E-state index contributed by atoms with van der Waals surface area (Å²) in [5.41, 5.74) is 3.71. The summed E-state index contributed by atoms with van der Waals surface area (Å²) in [7, 11) is 3.34. The average Bonchev–Trinajstić information content (AvgIpc) is 3.37. The number of benzene rings is 2. The molecule has 4 rings (SSSR count). The van der Waals surface area contributed by atoms with Gasteiger partial charge in [-0.05, 0) is 53.1 Å². The molecule has 0 fully saturated rings. The van der Waals surface area contributed by atoms with E-state index in [1.165, 1.54) is 28.0 Å². The lowest BCUT2D eigenvalue weighted by Crippen LogP contribution is -2.48. The van der Waals surface area contributed by atoms with Gasteiger partial charge in [-0.15, -0.1) is 11.3 Å². The molecule has 6 heteroatoms. The number of ether oxygens (including phenoxy) is 2. The van der Waals surface area contributed by atoms with Gasteiger partial charge in [0.15, 0.2) is 11.5 Å². The highest BCUT2D eigenvalue weighted by atomic mass is 32.1. The fraction of sp³-hybridized carbons (Fsp3) is 0.346. The number of nitrogens with one attached hydrogen (secondary N) is 1. The number of fused-ring (bicyclic) bond motifs is 1. The van der Waals surface area contributed by atoms with Crippen LogP contribution in [-0.2, 0) is 13.0 Å². The van der Waals surface area contributed by atoms with E-state index in [2.05, 4.69) is 53.5 Å².